The number of nitrogens with one attached hydrogen (secondary N) is 2. The van der Waals surface area contributed by atoms with E-state index in [1.54, 1.807) is 13.0 Å². The fourth-order valence-corrected chi connectivity index (χ4v) is 4.05. The second-order valence-corrected chi connectivity index (χ2v) is 7.29. The largest absolute Gasteiger partial charge is 0.326 e. The maximum absolute atomic E-state index is 12.5. The van der Waals surface area contributed by atoms with Crippen LogP contribution in [0.1, 0.15) is 19.8 Å². The lowest BCUT2D eigenvalue weighted by molar-refractivity contribution is -0.115. The van der Waals surface area contributed by atoms with E-state index in [9.17, 15) is 13.2 Å². The Labute approximate surface area is 140 Å². The molecule has 1 saturated heterocycles. The first-order valence-corrected chi connectivity index (χ1v) is 8.98. The van der Waals surface area contributed by atoms with Gasteiger partial charge in [-0.2, -0.15) is 5.26 Å². The smallest absolute Gasteiger partial charge is 0.242 e. The van der Waals surface area contributed by atoms with Gasteiger partial charge >= 0.3 is 0 Å². The monoisotopic (exact) mass is 356 g/mol. The summed E-state index contributed by atoms with van der Waals surface area (Å²) in [6.07, 6.45) is 2.83. The van der Waals surface area contributed by atoms with Crippen LogP contribution >= 0.6 is 11.6 Å². The third kappa shape index (κ3) is 4.34. The maximum Gasteiger partial charge on any atom is 0.242 e. The molecule has 0 aromatic heterocycles. The summed E-state index contributed by atoms with van der Waals surface area (Å²) < 4.78 is 27.6. The third-order valence-electron chi connectivity index (χ3n) is 3.48. The number of rotatable bonds is 5. The molecule has 0 aliphatic carbocycles. The molecule has 2 rings (SSSR count). The highest BCUT2D eigenvalue weighted by Gasteiger charge is 2.28. The van der Waals surface area contributed by atoms with Gasteiger partial charge in [0.25, 0.3) is 0 Å². The van der Waals surface area contributed by atoms with Crippen LogP contribution < -0.4 is 10.0 Å². The number of sulfonamides is 1. The number of hydrogen-bond acceptors (Lipinski definition) is 5. The topological polar surface area (TPSA) is 102 Å². The molecule has 7 nitrogen and oxygen atoms in total. The van der Waals surface area contributed by atoms with Crippen molar-refractivity contribution in [2.75, 3.05) is 18.4 Å². The minimum atomic E-state index is -3.84. The second kappa shape index (κ2) is 7.17. The van der Waals surface area contributed by atoms with Gasteiger partial charge in [0.05, 0.1) is 5.02 Å². The first kappa shape index (κ1) is 17.5. The van der Waals surface area contributed by atoms with E-state index < -0.39 is 10.0 Å². The zero-order valence-corrected chi connectivity index (χ0v) is 14.1. The summed E-state index contributed by atoms with van der Waals surface area (Å²) in [6.45, 7) is 2.55. The molecule has 2 N–H and O–H groups in total. The Bertz CT molecular complexity index is 745. The van der Waals surface area contributed by atoms with Crippen molar-refractivity contribution in [3.8, 4) is 6.19 Å². The van der Waals surface area contributed by atoms with Gasteiger partial charge in [-0.3, -0.25) is 4.79 Å². The van der Waals surface area contributed by atoms with Crippen LogP contribution in [0, 0.1) is 11.5 Å². The van der Waals surface area contributed by atoms with Gasteiger partial charge in [-0.1, -0.05) is 18.5 Å². The van der Waals surface area contributed by atoms with Crippen molar-refractivity contribution in [2.24, 2.45) is 0 Å². The standard InChI is InChI=1S/C14H17ClN4O3S/c1-2-14(20)17-10-3-4-12(15)13(7-10)23(21,22)18-11-5-6-19(8-11)9-16/h3-4,7,11,18H,2,5-6,8H2,1H3,(H,17,20). The summed E-state index contributed by atoms with van der Waals surface area (Å²) in [5.41, 5.74) is 0.367. The lowest BCUT2D eigenvalue weighted by atomic mass is 10.3. The lowest BCUT2D eigenvalue weighted by Crippen LogP contribution is -2.36. The van der Waals surface area contributed by atoms with E-state index in [0.29, 0.717) is 25.2 Å². The van der Waals surface area contributed by atoms with Gasteiger partial charge < -0.3 is 10.2 Å². The molecule has 0 spiro atoms. The summed E-state index contributed by atoms with van der Waals surface area (Å²) in [7, 11) is -3.84. The number of nitriles is 1. The molecule has 0 radical (unpaired) electrons. The fraction of sp³-hybridized carbons (Fsp3) is 0.429. The van der Waals surface area contributed by atoms with Crippen LogP contribution in [-0.2, 0) is 14.8 Å². The molecule has 0 saturated carbocycles. The number of carbonyl (C=O) groups is 1. The molecule has 124 valence electrons. The highest BCUT2D eigenvalue weighted by atomic mass is 35.5. The van der Waals surface area contributed by atoms with Crippen LogP contribution in [0.4, 0.5) is 5.69 Å². The highest BCUT2D eigenvalue weighted by Crippen LogP contribution is 2.26. The average Bonchev–Trinajstić information content (AvgIpc) is 2.95. The van der Waals surface area contributed by atoms with E-state index >= 15 is 0 Å². The molecule has 1 aromatic rings. The number of halogens is 1. The van der Waals surface area contributed by atoms with Gasteiger partial charge in [0.15, 0.2) is 6.19 Å². The van der Waals surface area contributed by atoms with Crippen LogP contribution in [0.5, 0.6) is 0 Å². The van der Waals surface area contributed by atoms with Crippen molar-refractivity contribution in [1.82, 2.24) is 9.62 Å². The average molecular weight is 357 g/mol. The fourth-order valence-electron chi connectivity index (χ4n) is 2.27. The van der Waals surface area contributed by atoms with Crippen molar-refractivity contribution in [1.29, 1.82) is 5.26 Å². The summed E-state index contributed by atoms with van der Waals surface area (Å²) in [5, 5.41) is 11.5. The Hall–Kier alpha value is -1.82. The quantitative estimate of drug-likeness (QED) is 0.779. The van der Waals surface area contributed by atoms with Crippen molar-refractivity contribution < 1.29 is 13.2 Å². The summed E-state index contributed by atoms with van der Waals surface area (Å²) in [5.74, 6) is -0.218. The van der Waals surface area contributed by atoms with Gasteiger partial charge in [-0.25, -0.2) is 13.1 Å². The molecule has 1 atom stereocenters. The molecular weight excluding hydrogens is 340 g/mol. The number of hydrogen-bond donors (Lipinski definition) is 2. The Morgan fingerprint density at radius 2 is 2.26 bits per heavy atom. The molecular formula is C14H17ClN4O3S. The highest BCUT2D eigenvalue weighted by molar-refractivity contribution is 7.89. The zero-order chi connectivity index (χ0) is 17.0. The van der Waals surface area contributed by atoms with Gasteiger partial charge in [0, 0.05) is 31.2 Å². The number of carbonyl (C=O) groups excluding carboxylic acids is 1. The predicted molar refractivity (Wildman–Crippen MR) is 86.3 cm³/mol. The molecule has 0 bridgehead atoms. The predicted octanol–water partition coefficient (Wildman–Crippen LogP) is 1.52. The van der Waals surface area contributed by atoms with Crippen molar-refractivity contribution >= 4 is 33.2 Å². The summed E-state index contributed by atoms with van der Waals surface area (Å²) >= 11 is 6.00. The minimum absolute atomic E-state index is 0.0714. The Morgan fingerprint density at radius 1 is 1.52 bits per heavy atom. The molecule has 1 heterocycles. The van der Waals surface area contributed by atoms with E-state index in [1.165, 1.54) is 17.0 Å². The number of nitrogens with zero attached hydrogens (tertiary/aromatic N) is 2. The summed E-state index contributed by atoms with van der Waals surface area (Å²) in [4.78, 5) is 12.8. The van der Waals surface area contributed by atoms with Crippen LogP contribution in [0.2, 0.25) is 5.02 Å². The SMILES string of the molecule is CCC(=O)Nc1ccc(Cl)c(S(=O)(=O)NC2CCN(C#N)C2)c1. The minimum Gasteiger partial charge on any atom is -0.326 e. The molecule has 1 aliphatic rings. The third-order valence-corrected chi connectivity index (χ3v) is 5.48. The van der Waals surface area contributed by atoms with E-state index in [4.69, 9.17) is 16.9 Å². The van der Waals surface area contributed by atoms with Gasteiger partial charge in [-0.15, -0.1) is 0 Å². The molecule has 23 heavy (non-hydrogen) atoms. The van der Waals surface area contributed by atoms with Gasteiger partial charge in [0.2, 0.25) is 15.9 Å². The first-order chi connectivity index (χ1) is 10.9. The van der Waals surface area contributed by atoms with Crippen molar-refractivity contribution in [3.05, 3.63) is 23.2 Å². The van der Waals surface area contributed by atoms with Crippen molar-refractivity contribution in [3.63, 3.8) is 0 Å². The Morgan fingerprint density at radius 3 is 2.87 bits per heavy atom. The van der Waals surface area contributed by atoms with Crippen LogP contribution in [0.3, 0.4) is 0 Å². The molecule has 1 fully saturated rings. The van der Waals surface area contributed by atoms with E-state index in [2.05, 4.69) is 10.0 Å². The Balaban J connectivity index is 2.20. The number of benzene rings is 1. The van der Waals surface area contributed by atoms with E-state index in [1.807, 2.05) is 6.19 Å². The Kier molecular flexibility index (Phi) is 5.46. The van der Waals surface area contributed by atoms with Crippen LogP contribution in [-0.4, -0.2) is 38.4 Å². The number of amides is 1. The maximum atomic E-state index is 12.5. The number of likely N-dealkylation sites (tertiary alicyclic amines) is 1. The van der Waals surface area contributed by atoms with E-state index in [0.717, 1.165) is 0 Å². The normalized spacial score (nSPS) is 17.8. The lowest BCUT2D eigenvalue weighted by Gasteiger charge is -2.14. The molecule has 9 heteroatoms. The van der Waals surface area contributed by atoms with Gasteiger partial charge in [0.1, 0.15) is 4.90 Å². The zero-order valence-electron chi connectivity index (χ0n) is 12.5. The molecule has 1 aliphatic heterocycles. The number of anilines is 1. The molecule has 1 unspecified atom stereocenters. The van der Waals surface area contributed by atoms with E-state index in [-0.39, 0.29) is 28.3 Å². The second-order valence-electron chi connectivity index (χ2n) is 5.20. The molecule has 1 amide bonds. The van der Waals surface area contributed by atoms with Crippen LogP contribution in [0.15, 0.2) is 23.1 Å². The van der Waals surface area contributed by atoms with Crippen molar-refractivity contribution in [2.45, 2.75) is 30.7 Å². The summed E-state index contributed by atoms with van der Waals surface area (Å²) in [6, 6.07) is 3.96. The first-order valence-electron chi connectivity index (χ1n) is 7.12. The van der Waals surface area contributed by atoms with Gasteiger partial charge in [-0.05, 0) is 24.6 Å². The van der Waals surface area contributed by atoms with Crippen LogP contribution in [0.25, 0.3) is 0 Å². The molecule has 1 aromatic carbocycles.